The Hall–Kier alpha value is -6.25. The Bertz CT molecular complexity index is 1990. The van der Waals surface area contributed by atoms with E-state index >= 15 is 0 Å². The van der Waals surface area contributed by atoms with Gasteiger partial charge in [-0.1, -0.05) is 210 Å². The van der Waals surface area contributed by atoms with Crippen LogP contribution in [0.1, 0.15) is 212 Å². The number of benzene rings is 5. The van der Waals surface area contributed by atoms with E-state index in [4.69, 9.17) is 5.11 Å². The largest absolute Gasteiger partial charge is 1.00 e. The maximum Gasteiger partial charge on any atom is 1.00 e. The predicted molar refractivity (Wildman–Crippen MR) is 306 cm³/mol. The van der Waals surface area contributed by atoms with Gasteiger partial charge in [-0.25, -0.2) is 0 Å². The summed E-state index contributed by atoms with van der Waals surface area (Å²) in [6, 6.07) is 43.8. The number of hydrogen-bond donors (Lipinski definition) is 2. The van der Waals surface area contributed by atoms with Gasteiger partial charge in [0.2, 0.25) is 0 Å². The summed E-state index contributed by atoms with van der Waals surface area (Å²) in [5, 5.41) is 10.7. The molecule has 0 radical (unpaired) electrons. The molecule has 1 saturated heterocycles. The van der Waals surface area contributed by atoms with Crippen molar-refractivity contribution in [3.8, 4) is 0 Å². The van der Waals surface area contributed by atoms with E-state index in [-0.39, 0.29) is 86.0 Å². The molecule has 8 rings (SSSR count). The van der Waals surface area contributed by atoms with E-state index in [1.807, 2.05) is 179 Å². The first-order valence-corrected chi connectivity index (χ1v) is 26.4. The second-order valence-electron chi connectivity index (χ2n) is 11.8. The molecule has 0 aromatic heterocycles. The molecule has 0 aliphatic carbocycles. The summed E-state index contributed by atoms with van der Waals surface area (Å²) in [5.41, 5.74) is 3.02. The zero-order valence-corrected chi connectivity index (χ0v) is 48.9. The monoisotopic (exact) mass is 1020 g/mol. The zero-order chi connectivity index (χ0) is 57.4. The van der Waals surface area contributed by atoms with Crippen LogP contribution in [-0.4, -0.2) is 70.9 Å². The maximum atomic E-state index is 12.1. The number of Topliss-reactive ketones (excluding diaryl/α,β-unsaturated/α-hetero) is 2. The molecule has 3 heterocycles. The van der Waals surface area contributed by atoms with Crippen molar-refractivity contribution in [1.82, 2.24) is 10.2 Å². The Morgan fingerprint density at radius 1 is 0.486 bits per heavy atom. The second kappa shape index (κ2) is 61.0. The van der Waals surface area contributed by atoms with Crippen LogP contribution in [0.5, 0.6) is 0 Å². The van der Waals surface area contributed by atoms with Gasteiger partial charge < -0.3 is 9.84 Å². The Morgan fingerprint density at radius 3 is 1.08 bits per heavy atom. The minimum Gasteiger partial charge on any atom is -0.466 e. The van der Waals surface area contributed by atoms with Gasteiger partial charge in [0.05, 0.1) is 35.5 Å². The molecule has 5 aromatic rings. The van der Waals surface area contributed by atoms with Gasteiger partial charge in [-0.3, -0.25) is 43.8 Å². The first kappa shape index (κ1) is 81.8. The van der Waals surface area contributed by atoms with Gasteiger partial charge in [0, 0.05) is 36.9 Å². The number of aliphatic hydroxyl groups is 1. The molecule has 3 aliphatic heterocycles. The van der Waals surface area contributed by atoms with Gasteiger partial charge in [-0.05, 0) is 30.7 Å². The third kappa shape index (κ3) is 35.0. The number of carbonyl (C=O) groups excluding carboxylic acids is 7. The zero-order valence-electron chi connectivity index (χ0n) is 48.9. The normalized spacial score (nSPS) is 10.5. The SMILES string of the molecule is CC.CC.CC.CC.CC.CC.CC.CC.CC.O=C(CCN1C(=O)c2ccccc2C1=O)c1ccccc1.O=C(CCO)c1ccccc1.O=C1CCCO1.O=C1NC(=O)c2ccccc21.[Li+].[c-]1ccccc1. The average molecular weight is 1020 g/mol. The number of carbonyl (C=O) groups is 7. The number of aliphatic hydroxyl groups excluding tert-OH is 1. The molecule has 11 nitrogen and oxygen atoms in total. The van der Waals surface area contributed by atoms with Crippen molar-refractivity contribution in [1.29, 1.82) is 0 Å². The molecule has 5 aromatic carbocycles. The summed E-state index contributed by atoms with van der Waals surface area (Å²) in [6.45, 7) is 36.7. The third-order valence-electron chi connectivity index (χ3n) is 8.01. The fraction of sp³-hybridized carbons (Fsp3) is 0.403. The molecule has 0 saturated carbocycles. The quantitative estimate of drug-likeness (QED) is 0.0531. The van der Waals surface area contributed by atoms with Crippen LogP contribution in [0.4, 0.5) is 0 Å². The second-order valence-corrected chi connectivity index (χ2v) is 11.8. The van der Waals surface area contributed by atoms with Gasteiger partial charge in [0.1, 0.15) is 0 Å². The Labute approximate surface area is 460 Å². The van der Waals surface area contributed by atoms with E-state index in [2.05, 4.69) is 16.1 Å². The van der Waals surface area contributed by atoms with Crippen molar-refractivity contribution in [3.63, 3.8) is 0 Å². The molecule has 406 valence electrons. The summed E-state index contributed by atoms with van der Waals surface area (Å²) in [7, 11) is 0. The number of cyclic esters (lactones) is 1. The number of ether oxygens (including phenoxy) is 1. The fourth-order valence-electron chi connectivity index (χ4n) is 5.23. The molecule has 0 unspecified atom stereocenters. The van der Waals surface area contributed by atoms with E-state index in [0.29, 0.717) is 46.4 Å². The van der Waals surface area contributed by atoms with Crippen molar-refractivity contribution in [2.24, 2.45) is 0 Å². The van der Waals surface area contributed by atoms with Gasteiger partial charge in [0.25, 0.3) is 23.6 Å². The molecular formula is C62H93LiN2O9. The van der Waals surface area contributed by atoms with E-state index in [9.17, 15) is 33.6 Å². The molecule has 1 fully saturated rings. The first-order valence-electron chi connectivity index (χ1n) is 26.4. The van der Waals surface area contributed by atoms with Gasteiger partial charge in [-0.2, -0.15) is 36.4 Å². The van der Waals surface area contributed by atoms with E-state index < -0.39 is 0 Å². The molecular weight excluding hydrogens is 924 g/mol. The van der Waals surface area contributed by atoms with Crippen LogP contribution >= 0.6 is 0 Å². The van der Waals surface area contributed by atoms with Crippen LogP contribution in [-0.2, 0) is 9.53 Å². The topological polar surface area (TPSA) is 164 Å². The van der Waals surface area contributed by atoms with E-state index in [1.54, 1.807) is 84.9 Å². The van der Waals surface area contributed by atoms with Crippen LogP contribution in [0.2, 0.25) is 0 Å². The third-order valence-corrected chi connectivity index (χ3v) is 8.01. The van der Waals surface area contributed by atoms with Crippen LogP contribution in [0, 0.1) is 6.07 Å². The van der Waals surface area contributed by atoms with Gasteiger partial charge >= 0.3 is 24.8 Å². The van der Waals surface area contributed by atoms with Gasteiger partial charge in [0.15, 0.2) is 11.6 Å². The summed E-state index contributed by atoms with van der Waals surface area (Å²) in [4.78, 5) is 80.5. The maximum absolute atomic E-state index is 12.1. The average Bonchev–Trinajstić information content (AvgIpc) is 4.17. The van der Waals surface area contributed by atoms with Crippen LogP contribution in [0.25, 0.3) is 0 Å². The molecule has 2 N–H and O–H groups in total. The minimum absolute atomic E-state index is 0. The molecule has 0 bridgehead atoms. The van der Waals surface area contributed by atoms with Crippen LogP contribution in [0.3, 0.4) is 0 Å². The summed E-state index contributed by atoms with van der Waals surface area (Å²) in [5.74, 6) is -1.38. The molecule has 3 aliphatic rings. The number of nitrogens with one attached hydrogen (secondary N) is 1. The van der Waals surface area contributed by atoms with Crippen LogP contribution < -0.4 is 24.2 Å². The van der Waals surface area contributed by atoms with E-state index in [0.717, 1.165) is 11.3 Å². The predicted octanol–water partition coefficient (Wildman–Crippen LogP) is 12.4. The van der Waals surface area contributed by atoms with Crippen molar-refractivity contribution in [2.75, 3.05) is 19.8 Å². The summed E-state index contributed by atoms with van der Waals surface area (Å²) >= 11 is 0. The van der Waals surface area contributed by atoms with Gasteiger partial charge in [-0.15, -0.1) is 0 Å². The van der Waals surface area contributed by atoms with Crippen molar-refractivity contribution >= 4 is 41.2 Å². The number of amides is 4. The number of ketones is 2. The number of hydrogen-bond acceptors (Lipinski definition) is 9. The summed E-state index contributed by atoms with van der Waals surface area (Å²) < 4.78 is 4.51. The van der Waals surface area contributed by atoms with Crippen molar-refractivity contribution in [3.05, 3.63) is 179 Å². The smallest absolute Gasteiger partial charge is 0.466 e. The number of rotatable bonds is 7. The summed E-state index contributed by atoms with van der Waals surface area (Å²) in [6.07, 6.45) is 1.89. The Morgan fingerprint density at radius 2 is 0.811 bits per heavy atom. The number of imide groups is 2. The number of esters is 1. The fourth-order valence-corrected chi connectivity index (χ4v) is 5.23. The molecule has 74 heavy (non-hydrogen) atoms. The first-order chi connectivity index (χ1) is 35.7. The van der Waals surface area contributed by atoms with Crippen LogP contribution in [0.15, 0.2) is 140 Å². The molecule has 0 atom stereocenters. The minimum atomic E-state index is -0.323. The number of nitrogens with zero attached hydrogens (tertiary/aromatic N) is 1. The Balaban J connectivity index is -0.000000147. The molecule has 4 amide bonds. The Kier molecular flexibility index (Phi) is 67.5. The molecule has 12 heteroatoms. The van der Waals surface area contributed by atoms with Crippen molar-refractivity contribution in [2.45, 2.75) is 150 Å². The standard InChI is InChI=1S/C17H13NO3.C9H10O2.C8H5NO2.C6H5.C4H6O2.9C2H6.Li/c19-15(12-6-2-1-3-7-12)10-11-18-16(20)13-8-4-5-9-14(13)17(18)21;10-7-6-9(11)8-4-2-1-3-5-8;10-7-5-3-1-2-4-6(5)8(11)9-7;1-2-4-6-5-3-1;5-4-2-1-3-6-4;9*1-2;/h1-9H,10-11H2;1-5,10H,6-7H2;1-4H,(H,9,10,11);1-5H;1-3H2;9*1-2H3;/q;;;-1;;;;;;;;;;;+1. The van der Waals surface area contributed by atoms with Crippen molar-refractivity contribution < 1.29 is 62.3 Å². The number of fused-ring (bicyclic) bond motifs is 2. The van der Waals surface area contributed by atoms with E-state index in [1.165, 1.54) is 0 Å². The molecule has 0 spiro atoms.